The molecule has 0 N–H and O–H groups in total. The Morgan fingerprint density at radius 1 is 1.00 bits per heavy atom. The number of hydrogen-bond acceptors (Lipinski definition) is 2. The first-order valence-electron chi connectivity index (χ1n) is 5.98. The number of allylic oxidation sites excluding steroid dienone is 1. The van der Waals surface area contributed by atoms with Gasteiger partial charge in [0.15, 0.2) is 0 Å². The van der Waals surface area contributed by atoms with Gasteiger partial charge in [-0.05, 0) is 41.8 Å². The van der Waals surface area contributed by atoms with Crippen LogP contribution in [-0.4, -0.2) is 0 Å². The summed E-state index contributed by atoms with van der Waals surface area (Å²) < 4.78 is 5.82. The summed E-state index contributed by atoms with van der Waals surface area (Å²) in [4.78, 5) is 12.4. The molecule has 0 amide bonds. The summed E-state index contributed by atoms with van der Waals surface area (Å²) in [5, 5.41) is 1.33. The highest BCUT2D eigenvalue weighted by molar-refractivity contribution is 5.91. The van der Waals surface area contributed by atoms with Gasteiger partial charge in [-0.3, -0.25) is 4.79 Å². The zero-order valence-electron chi connectivity index (χ0n) is 9.64. The maximum Gasteiger partial charge on any atom is 0.200 e. The molecule has 0 spiro atoms. The number of benzene rings is 2. The molecule has 3 aromatic rings. The lowest BCUT2D eigenvalue weighted by Crippen LogP contribution is -2.02. The number of para-hydroxylation sites is 1. The van der Waals surface area contributed by atoms with Crippen molar-refractivity contribution in [3.05, 3.63) is 63.8 Å². The van der Waals surface area contributed by atoms with E-state index in [9.17, 15) is 4.79 Å². The minimum atomic E-state index is 0.0570. The minimum absolute atomic E-state index is 0.0570. The topological polar surface area (TPSA) is 30.2 Å². The Kier molecular flexibility index (Phi) is 1.78. The second-order valence-electron chi connectivity index (χ2n) is 4.58. The summed E-state index contributed by atoms with van der Waals surface area (Å²) in [6, 6.07) is 11.3. The highest BCUT2D eigenvalue weighted by Gasteiger charge is 2.12. The Labute approximate surface area is 103 Å². The van der Waals surface area contributed by atoms with Crippen molar-refractivity contribution in [3.63, 3.8) is 0 Å². The zero-order chi connectivity index (χ0) is 12.1. The third-order valence-electron chi connectivity index (χ3n) is 3.47. The molecular weight excluding hydrogens is 224 g/mol. The van der Waals surface area contributed by atoms with Gasteiger partial charge >= 0.3 is 0 Å². The zero-order valence-corrected chi connectivity index (χ0v) is 9.64. The van der Waals surface area contributed by atoms with Gasteiger partial charge in [0.25, 0.3) is 0 Å². The summed E-state index contributed by atoms with van der Waals surface area (Å²) in [6.45, 7) is 0. The quantitative estimate of drug-likeness (QED) is 0.557. The summed E-state index contributed by atoms with van der Waals surface area (Å²) in [5.41, 5.74) is 3.73. The molecule has 86 valence electrons. The van der Waals surface area contributed by atoms with Gasteiger partial charge in [-0.2, -0.15) is 0 Å². The molecule has 1 aromatic heterocycles. The van der Waals surface area contributed by atoms with Gasteiger partial charge in [-0.1, -0.05) is 24.3 Å². The van der Waals surface area contributed by atoms with E-state index in [1.165, 1.54) is 5.56 Å². The average molecular weight is 234 g/mol. The van der Waals surface area contributed by atoms with E-state index in [0.717, 1.165) is 12.0 Å². The predicted molar refractivity (Wildman–Crippen MR) is 72.7 cm³/mol. The van der Waals surface area contributed by atoms with Crippen LogP contribution in [0, 0.1) is 0 Å². The van der Waals surface area contributed by atoms with Gasteiger partial charge in [0, 0.05) is 0 Å². The SMILES string of the molecule is O=c1c2ccccc2oc2cc3c(cc12)CC=C3. The summed E-state index contributed by atoms with van der Waals surface area (Å²) in [7, 11) is 0. The molecule has 2 aromatic carbocycles. The van der Waals surface area contributed by atoms with Crippen molar-refractivity contribution in [1.82, 2.24) is 0 Å². The van der Waals surface area contributed by atoms with Crippen molar-refractivity contribution in [2.75, 3.05) is 0 Å². The van der Waals surface area contributed by atoms with Gasteiger partial charge in [0.2, 0.25) is 5.43 Å². The fourth-order valence-corrected chi connectivity index (χ4v) is 2.55. The maximum absolute atomic E-state index is 12.4. The van der Waals surface area contributed by atoms with Crippen molar-refractivity contribution in [3.8, 4) is 0 Å². The van der Waals surface area contributed by atoms with E-state index in [2.05, 4.69) is 12.2 Å². The molecule has 0 fully saturated rings. The van der Waals surface area contributed by atoms with Crippen LogP contribution >= 0.6 is 0 Å². The second-order valence-corrected chi connectivity index (χ2v) is 4.58. The normalized spacial score (nSPS) is 13.3. The number of rotatable bonds is 0. The Hall–Kier alpha value is -2.35. The van der Waals surface area contributed by atoms with Crippen molar-refractivity contribution in [2.45, 2.75) is 6.42 Å². The number of hydrogen-bond donors (Lipinski definition) is 0. The molecule has 18 heavy (non-hydrogen) atoms. The molecule has 0 bridgehead atoms. The highest BCUT2D eigenvalue weighted by Crippen LogP contribution is 2.26. The Morgan fingerprint density at radius 2 is 1.89 bits per heavy atom. The van der Waals surface area contributed by atoms with Crippen LogP contribution in [0.25, 0.3) is 28.0 Å². The van der Waals surface area contributed by atoms with Crippen LogP contribution in [-0.2, 0) is 6.42 Å². The molecule has 0 aliphatic heterocycles. The van der Waals surface area contributed by atoms with Crippen molar-refractivity contribution < 1.29 is 4.42 Å². The third-order valence-corrected chi connectivity index (χ3v) is 3.47. The van der Waals surface area contributed by atoms with Gasteiger partial charge in [0.1, 0.15) is 11.2 Å². The number of fused-ring (bicyclic) bond motifs is 3. The largest absolute Gasteiger partial charge is 0.456 e. The molecule has 0 saturated carbocycles. The molecule has 0 radical (unpaired) electrons. The standard InChI is InChI=1S/C16H10O2/c17-16-12-6-1-2-7-14(12)18-15-9-11-5-3-4-10(11)8-13(15)16/h1-3,5-9H,4H2. The van der Waals surface area contributed by atoms with E-state index < -0.39 is 0 Å². The smallest absolute Gasteiger partial charge is 0.200 e. The van der Waals surface area contributed by atoms with Crippen LogP contribution in [0.5, 0.6) is 0 Å². The first kappa shape index (κ1) is 9.66. The van der Waals surface area contributed by atoms with Crippen molar-refractivity contribution >= 4 is 28.0 Å². The van der Waals surface area contributed by atoms with Crippen molar-refractivity contribution in [2.24, 2.45) is 0 Å². The van der Waals surface area contributed by atoms with Gasteiger partial charge in [-0.25, -0.2) is 0 Å². The van der Waals surface area contributed by atoms with Crippen LogP contribution in [0.3, 0.4) is 0 Å². The van der Waals surface area contributed by atoms with Crippen LogP contribution in [0.2, 0.25) is 0 Å². The van der Waals surface area contributed by atoms with E-state index in [0.29, 0.717) is 21.9 Å². The molecule has 2 heteroatoms. The molecular formula is C16H10O2. The van der Waals surface area contributed by atoms with Gasteiger partial charge in [-0.15, -0.1) is 0 Å². The lowest BCUT2D eigenvalue weighted by atomic mass is 10.1. The van der Waals surface area contributed by atoms with E-state index in [1.807, 2.05) is 36.4 Å². The van der Waals surface area contributed by atoms with Crippen LogP contribution in [0.15, 0.2) is 51.7 Å². The lowest BCUT2D eigenvalue weighted by molar-refractivity contribution is 0.659. The van der Waals surface area contributed by atoms with Crippen LogP contribution in [0.4, 0.5) is 0 Å². The second kappa shape index (κ2) is 3.33. The van der Waals surface area contributed by atoms with Gasteiger partial charge < -0.3 is 4.42 Å². The molecule has 4 rings (SSSR count). The van der Waals surface area contributed by atoms with Crippen LogP contribution < -0.4 is 5.43 Å². The Bertz CT molecular complexity index is 869. The van der Waals surface area contributed by atoms with E-state index in [4.69, 9.17) is 4.42 Å². The molecule has 1 aliphatic rings. The van der Waals surface area contributed by atoms with Crippen LogP contribution in [0.1, 0.15) is 11.1 Å². The first-order valence-corrected chi connectivity index (χ1v) is 5.98. The monoisotopic (exact) mass is 234 g/mol. The average Bonchev–Trinajstić information content (AvgIpc) is 2.84. The predicted octanol–water partition coefficient (Wildman–Crippen LogP) is 3.52. The third kappa shape index (κ3) is 1.20. The lowest BCUT2D eigenvalue weighted by Gasteiger charge is -2.04. The van der Waals surface area contributed by atoms with Gasteiger partial charge in [0.05, 0.1) is 10.8 Å². The van der Waals surface area contributed by atoms with E-state index >= 15 is 0 Å². The van der Waals surface area contributed by atoms with E-state index in [-0.39, 0.29) is 5.43 Å². The fourth-order valence-electron chi connectivity index (χ4n) is 2.55. The molecule has 0 unspecified atom stereocenters. The first-order chi connectivity index (χ1) is 8.83. The minimum Gasteiger partial charge on any atom is -0.456 e. The molecule has 0 atom stereocenters. The molecule has 1 heterocycles. The summed E-state index contributed by atoms with van der Waals surface area (Å²) >= 11 is 0. The summed E-state index contributed by atoms with van der Waals surface area (Å²) in [5.74, 6) is 0. The molecule has 2 nitrogen and oxygen atoms in total. The molecule has 0 saturated heterocycles. The fraction of sp³-hybridized carbons (Fsp3) is 0.0625. The Morgan fingerprint density at radius 3 is 2.83 bits per heavy atom. The summed E-state index contributed by atoms with van der Waals surface area (Å²) in [6.07, 6.45) is 5.08. The van der Waals surface area contributed by atoms with Crippen molar-refractivity contribution in [1.29, 1.82) is 0 Å². The maximum atomic E-state index is 12.4. The molecule has 1 aliphatic carbocycles. The van der Waals surface area contributed by atoms with E-state index in [1.54, 1.807) is 0 Å². The Balaban J connectivity index is 2.24. The highest BCUT2D eigenvalue weighted by atomic mass is 16.3.